The van der Waals surface area contributed by atoms with Crippen molar-refractivity contribution in [3.05, 3.63) is 68.6 Å². The molecule has 0 saturated carbocycles. The monoisotopic (exact) mass is 369 g/mol. The summed E-state index contributed by atoms with van der Waals surface area (Å²) < 4.78 is 0.426. The average molecular weight is 371 g/mol. The number of hydrogen-bond donors (Lipinski definition) is 1. The highest BCUT2D eigenvalue weighted by Crippen LogP contribution is 2.25. The van der Waals surface area contributed by atoms with Crippen molar-refractivity contribution in [1.29, 1.82) is 0 Å². The SMILES string of the molecule is O=C(Nc1ccc(Cl)c(Cl)c1)/C(Br)=C/c1ccccc1. The Bertz CT molecular complexity index is 656. The molecule has 2 nitrogen and oxygen atoms in total. The van der Waals surface area contributed by atoms with Crippen molar-refractivity contribution < 1.29 is 4.79 Å². The van der Waals surface area contributed by atoms with Crippen LogP contribution < -0.4 is 5.32 Å². The van der Waals surface area contributed by atoms with Crippen molar-refractivity contribution in [3.8, 4) is 0 Å². The molecule has 20 heavy (non-hydrogen) atoms. The fourth-order valence-corrected chi connectivity index (χ4v) is 2.19. The molecule has 102 valence electrons. The van der Waals surface area contributed by atoms with Crippen molar-refractivity contribution in [2.45, 2.75) is 0 Å². The van der Waals surface area contributed by atoms with E-state index in [9.17, 15) is 4.79 Å². The van der Waals surface area contributed by atoms with Crippen LogP contribution >= 0.6 is 39.1 Å². The Labute approximate surface area is 135 Å². The third-order valence-electron chi connectivity index (χ3n) is 2.49. The molecule has 2 aromatic rings. The Hall–Kier alpha value is -1.29. The van der Waals surface area contributed by atoms with Gasteiger partial charge in [0.2, 0.25) is 0 Å². The zero-order chi connectivity index (χ0) is 14.5. The number of benzene rings is 2. The minimum Gasteiger partial charge on any atom is -0.321 e. The number of anilines is 1. The number of nitrogens with one attached hydrogen (secondary N) is 1. The lowest BCUT2D eigenvalue weighted by Crippen LogP contribution is -2.11. The van der Waals surface area contributed by atoms with Gasteiger partial charge < -0.3 is 5.32 Å². The fourth-order valence-electron chi connectivity index (χ4n) is 1.53. The largest absolute Gasteiger partial charge is 0.321 e. The molecule has 2 aromatic carbocycles. The van der Waals surface area contributed by atoms with E-state index >= 15 is 0 Å². The molecule has 0 aromatic heterocycles. The Morgan fingerprint density at radius 2 is 1.75 bits per heavy atom. The van der Waals surface area contributed by atoms with Gasteiger partial charge in [-0.3, -0.25) is 4.79 Å². The first-order chi connectivity index (χ1) is 9.56. The lowest BCUT2D eigenvalue weighted by atomic mass is 10.2. The lowest BCUT2D eigenvalue weighted by Gasteiger charge is -2.06. The van der Waals surface area contributed by atoms with Crippen LogP contribution in [0.25, 0.3) is 6.08 Å². The average Bonchev–Trinajstić information content (AvgIpc) is 2.44. The lowest BCUT2D eigenvalue weighted by molar-refractivity contribution is -0.112. The number of carbonyl (C=O) groups excluding carboxylic acids is 1. The van der Waals surface area contributed by atoms with E-state index in [0.29, 0.717) is 20.2 Å². The molecule has 0 aliphatic carbocycles. The summed E-state index contributed by atoms with van der Waals surface area (Å²) in [5.41, 5.74) is 1.52. The molecule has 0 radical (unpaired) electrons. The maximum absolute atomic E-state index is 12.0. The Balaban J connectivity index is 2.11. The van der Waals surface area contributed by atoms with Crippen LogP contribution in [-0.2, 0) is 4.79 Å². The Kier molecular flexibility index (Phi) is 5.24. The van der Waals surface area contributed by atoms with Crippen LogP contribution in [0.1, 0.15) is 5.56 Å². The summed E-state index contributed by atoms with van der Waals surface area (Å²) in [7, 11) is 0. The minimum absolute atomic E-state index is 0.257. The minimum atomic E-state index is -0.257. The molecule has 0 atom stereocenters. The van der Waals surface area contributed by atoms with Crippen LogP contribution in [0.2, 0.25) is 10.0 Å². The molecule has 5 heteroatoms. The third kappa shape index (κ3) is 4.10. The summed E-state index contributed by atoms with van der Waals surface area (Å²) in [5, 5.41) is 3.58. The van der Waals surface area contributed by atoms with E-state index in [-0.39, 0.29) is 5.91 Å². The summed E-state index contributed by atoms with van der Waals surface area (Å²) in [6, 6.07) is 14.5. The molecule has 0 unspecified atom stereocenters. The topological polar surface area (TPSA) is 29.1 Å². The zero-order valence-electron chi connectivity index (χ0n) is 10.2. The van der Waals surface area contributed by atoms with Gasteiger partial charge >= 0.3 is 0 Å². The standard InChI is InChI=1S/C15H10BrCl2NO/c16-12(8-10-4-2-1-3-5-10)15(20)19-11-6-7-13(17)14(18)9-11/h1-9H,(H,19,20)/b12-8-. The normalized spacial score (nSPS) is 11.2. The first-order valence-electron chi connectivity index (χ1n) is 5.75. The van der Waals surface area contributed by atoms with Gasteiger partial charge in [0, 0.05) is 5.69 Å². The fraction of sp³-hybridized carbons (Fsp3) is 0. The van der Waals surface area contributed by atoms with Crippen molar-refractivity contribution in [1.82, 2.24) is 0 Å². The van der Waals surface area contributed by atoms with Gasteiger partial charge in [-0.2, -0.15) is 0 Å². The molecular weight excluding hydrogens is 361 g/mol. The number of carbonyl (C=O) groups is 1. The number of hydrogen-bond acceptors (Lipinski definition) is 1. The molecule has 0 spiro atoms. The summed E-state index contributed by atoms with van der Waals surface area (Å²) in [5.74, 6) is -0.257. The zero-order valence-corrected chi connectivity index (χ0v) is 13.3. The smallest absolute Gasteiger partial charge is 0.262 e. The highest BCUT2D eigenvalue weighted by Gasteiger charge is 2.08. The molecule has 1 N–H and O–H groups in total. The van der Waals surface area contributed by atoms with Crippen LogP contribution in [-0.4, -0.2) is 5.91 Å². The number of amides is 1. The van der Waals surface area contributed by atoms with E-state index in [1.54, 1.807) is 24.3 Å². The molecule has 0 aliphatic rings. The van der Waals surface area contributed by atoms with Crippen molar-refractivity contribution in [3.63, 3.8) is 0 Å². The highest BCUT2D eigenvalue weighted by atomic mass is 79.9. The second kappa shape index (κ2) is 6.93. The molecule has 0 fully saturated rings. The van der Waals surface area contributed by atoms with Gasteiger partial charge in [-0.15, -0.1) is 0 Å². The summed E-state index contributed by atoms with van der Waals surface area (Å²) in [6.07, 6.45) is 1.74. The van der Waals surface area contributed by atoms with Crippen molar-refractivity contribution in [2.75, 3.05) is 5.32 Å². The van der Waals surface area contributed by atoms with Crippen LogP contribution in [0.15, 0.2) is 53.0 Å². The van der Waals surface area contributed by atoms with E-state index < -0.39 is 0 Å². The van der Waals surface area contributed by atoms with Gasteiger partial charge in [-0.1, -0.05) is 53.5 Å². The first kappa shape index (κ1) is 15.1. The maximum Gasteiger partial charge on any atom is 0.262 e. The van der Waals surface area contributed by atoms with Crippen LogP contribution in [0.5, 0.6) is 0 Å². The third-order valence-corrected chi connectivity index (χ3v) is 3.82. The van der Waals surface area contributed by atoms with Gasteiger partial charge in [0.15, 0.2) is 0 Å². The second-order valence-corrected chi connectivity index (χ2v) is 5.65. The first-order valence-corrected chi connectivity index (χ1v) is 7.30. The van der Waals surface area contributed by atoms with Crippen LogP contribution in [0.4, 0.5) is 5.69 Å². The van der Waals surface area contributed by atoms with E-state index in [4.69, 9.17) is 23.2 Å². The Morgan fingerprint density at radius 3 is 2.40 bits per heavy atom. The summed E-state index contributed by atoms with van der Waals surface area (Å²) in [4.78, 5) is 12.0. The predicted octanol–water partition coefficient (Wildman–Crippen LogP) is 5.37. The molecule has 0 aliphatic heterocycles. The van der Waals surface area contributed by atoms with E-state index in [1.807, 2.05) is 30.3 Å². The molecule has 0 saturated heterocycles. The predicted molar refractivity (Wildman–Crippen MR) is 88.4 cm³/mol. The van der Waals surface area contributed by atoms with Crippen LogP contribution in [0, 0.1) is 0 Å². The second-order valence-electron chi connectivity index (χ2n) is 3.99. The molecule has 0 bridgehead atoms. The summed E-state index contributed by atoms with van der Waals surface area (Å²) in [6.45, 7) is 0. The van der Waals surface area contributed by atoms with Gasteiger partial charge in [0.1, 0.15) is 0 Å². The number of rotatable bonds is 3. The Morgan fingerprint density at radius 1 is 1.05 bits per heavy atom. The van der Waals surface area contributed by atoms with Crippen LogP contribution in [0.3, 0.4) is 0 Å². The molecule has 0 heterocycles. The van der Waals surface area contributed by atoms with Gasteiger partial charge in [-0.25, -0.2) is 0 Å². The molecular formula is C15H10BrCl2NO. The van der Waals surface area contributed by atoms with E-state index in [2.05, 4.69) is 21.2 Å². The molecule has 2 rings (SSSR count). The van der Waals surface area contributed by atoms with Gasteiger partial charge in [0.25, 0.3) is 5.91 Å². The van der Waals surface area contributed by atoms with Gasteiger partial charge in [0.05, 0.1) is 14.5 Å². The quantitative estimate of drug-likeness (QED) is 0.723. The van der Waals surface area contributed by atoms with E-state index in [0.717, 1.165) is 5.56 Å². The highest BCUT2D eigenvalue weighted by molar-refractivity contribution is 9.12. The van der Waals surface area contributed by atoms with Gasteiger partial charge in [-0.05, 0) is 45.8 Å². The number of halogens is 3. The molecule has 1 amide bonds. The van der Waals surface area contributed by atoms with Crippen molar-refractivity contribution in [2.24, 2.45) is 0 Å². The van der Waals surface area contributed by atoms with Crippen molar-refractivity contribution >= 4 is 56.8 Å². The maximum atomic E-state index is 12.0. The van der Waals surface area contributed by atoms with E-state index in [1.165, 1.54) is 0 Å². The summed E-state index contributed by atoms with van der Waals surface area (Å²) >= 11 is 15.0.